The van der Waals surface area contributed by atoms with E-state index in [0.717, 1.165) is 28.2 Å². The van der Waals surface area contributed by atoms with Crippen LogP contribution in [0.2, 0.25) is 18.1 Å². The zero-order valence-electron chi connectivity index (χ0n) is 30.1. The first-order valence-corrected chi connectivity index (χ1v) is 19.7. The summed E-state index contributed by atoms with van der Waals surface area (Å²) in [5.74, 6) is 1.59. The molecule has 0 spiro atoms. The van der Waals surface area contributed by atoms with E-state index in [1.54, 1.807) is 33.6 Å². The van der Waals surface area contributed by atoms with Gasteiger partial charge in [0.05, 0.1) is 34.5 Å². The number of aromatic nitrogens is 2. The van der Waals surface area contributed by atoms with Crippen LogP contribution in [-0.4, -0.2) is 75.2 Å². The Morgan fingerprint density at radius 1 is 0.880 bits per heavy atom. The van der Waals surface area contributed by atoms with Crippen molar-refractivity contribution >= 4 is 14.1 Å². The van der Waals surface area contributed by atoms with Crippen LogP contribution in [0.3, 0.4) is 0 Å². The van der Waals surface area contributed by atoms with Crippen molar-refractivity contribution in [2.24, 2.45) is 0 Å². The van der Waals surface area contributed by atoms with Gasteiger partial charge in [-0.15, -0.1) is 0 Å². The molecule has 6 rings (SSSR count). The van der Waals surface area contributed by atoms with Crippen LogP contribution in [0.1, 0.15) is 43.7 Å². The summed E-state index contributed by atoms with van der Waals surface area (Å²) < 4.78 is 34.2. The van der Waals surface area contributed by atoms with Crippen LogP contribution in [-0.2, 0) is 24.3 Å². The van der Waals surface area contributed by atoms with E-state index < -0.39 is 43.6 Å². The average Bonchev–Trinajstić information content (AvgIpc) is 3.56. The van der Waals surface area contributed by atoms with Crippen LogP contribution < -0.4 is 20.9 Å². The molecule has 0 radical (unpaired) electrons. The average molecular weight is 701 g/mol. The summed E-state index contributed by atoms with van der Waals surface area (Å²) in [6, 6.07) is 27.0. The first-order valence-electron chi connectivity index (χ1n) is 16.8. The van der Waals surface area contributed by atoms with E-state index in [4.69, 9.17) is 33.9 Å². The fraction of sp³-hybridized carbons (Fsp3) is 0.421. The third-order valence-corrected chi connectivity index (χ3v) is 15.0. The Hall–Kier alpha value is -4.04. The van der Waals surface area contributed by atoms with E-state index in [9.17, 15) is 4.79 Å². The van der Waals surface area contributed by atoms with Crippen LogP contribution in [0.4, 0.5) is 5.82 Å². The molecule has 2 saturated heterocycles. The molecule has 0 amide bonds. The van der Waals surface area contributed by atoms with Gasteiger partial charge in [0.25, 0.3) is 0 Å². The van der Waals surface area contributed by atoms with Crippen molar-refractivity contribution in [3.05, 3.63) is 118 Å². The quantitative estimate of drug-likeness (QED) is 0.144. The van der Waals surface area contributed by atoms with Crippen molar-refractivity contribution in [1.29, 1.82) is 0 Å². The number of methoxy groups -OCH3 is 2. The number of morpholine rings is 1. The lowest BCUT2D eigenvalue weighted by molar-refractivity contribution is -0.247. The Morgan fingerprint density at radius 3 is 1.94 bits per heavy atom. The second-order valence-corrected chi connectivity index (χ2v) is 19.2. The van der Waals surface area contributed by atoms with Gasteiger partial charge in [-0.1, -0.05) is 75.4 Å². The number of fused-ring (bicyclic) bond motifs is 2. The minimum absolute atomic E-state index is 0.0866. The topological polar surface area (TPSA) is 120 Å². The third-order valence-electron chi connectivity index (χ3n) is 10.5. The molecule has 0 aliphatic carbocycles. The van der Waals surface area contributed by atoms with Gasteiger partial charge < -0.3 is 33.9 Å². The molecule has 3 aromatic carbocycles. The summed E-state index contributed by atoms with van der Waals surface area (Å²) in [5.41, 5.74) is 5.90. The monoisotopic (exact) mass is 700 g/mol. The number of benzene rings is 3. The number of hydroxylamine groups is 2. The van der Waals surface area contributed by atoms with Crippen molar-refractivity contribution in [1.82, 2.24) is 14.6 Å². The number of anilines is 1. The number of nitrogen functional groups attached to an aromatic ring is 1. The van der Waals surface area contributed by atoms with Gasteiger partial charge in [0.15, 0.2) is 14.5 Å². The first kappa shape index (κ1) is 35.8. The molecule has 4 aromatic rings. The zero-order valence-corrected chi connectivity index (χ0v) is 31.1. The highest BCUT2D eigenvalue weighted by Crippen LogP contribution is 2.52. The summed E-state index contributed by atoms with van der Waals surface area (Å²) in [7, 11) is 2.51. The normalized spacial score (nSPS) is 22.5. The molecule has 0 unspecified atom stereocenters. The molecule has 2 bridgehead atoms. The molecule has 2 aliphatic rings. The van der Waals surface area contributed by atoms with Crippen LogP contribution in [0.15, 0.2) is 95.9 Å². The van der Waals surface area contributed by atoms with Crippen molar-refractivity contribution < 1.29 is 28.2 Å². The van der Waals surface area contributed by atoms with Gasteiger partial charge in [-0.2, -0.15) is 10.0 Å². The van der Waals surface area contributed by atoms with E-state index in [1.165, 1.54) is 4.57 Å². The standard InChI is InChI=1S/C38H48N4O7Si/c1-36(2,3)50(7,8)49-33-32-34(41-23-22-31(39)40-35(41)43)48-37(33,24-42(32)46-6)25-47-38(26-12-10-9-11-13-26,27-14-18-29(44-4)19-15-27)28-16-20-30(45-5)21-17-28/h9-23,32-34H,24-25H2,1-8H3,(H2,39,40,43)/t32-,33+,34-,37-/m1/s1. The minimum Gasteiger partial charge on any atom is -0.497 e. The van der Waals surface area contributed by atoms with Gasteiger partial charge >= 0.3 is 5.69 Å². The zero-order chi connectivity index (χ0) is 35.9. The maximum Gasteiger partial charge on any atom is 0.351 e. The Kier molecular flexibility index (Phi) is 9.72. The lowest BCUT2D eigenvalue weighted by Crippen LogP contribution is -2.54. The predicted molar refractivity (Wildman–Crippen MR) is 194 cm³/mol. The molecule has 50 heavy (non-hydrogen) atoms. The van der Waals surface area contributed by atoms with Crippen molar-refractivity contribution in [2.45, 2.75) is 68.5 Å². The summed E-state index contributed by atoms with van der Waals surface area (Å²) >= 11 is 0. The van der Waals surface area contributed by atoms with E-state index >= 15 is 0 Å². The van der Waals surface area contributed by atoms with Crippen molar-refractivity contribution in [3.63, 3.8) is 0 Å². The lowest BCUT2D eigenvalue weighted by Gasteiger charge is -2.43. The Balaban J connectivity index is 1.52. The molecule has 11 nitrogen and oxygen atoms in total. The number of nitrogens with zero attached hydrogens (tertiary/aromatic N) is 3. The molecule has 12 heteroatoms. The lowest BCUT2D eigenvalue weighted by atomic mass is 9.79. The molecule has 3 heterocycles. The third kappa shape index (κ3) is 6.25. The van der Waals surface area contributed by atoms with E-state index in [2.05, 4.69) is 51.0 Å². The second kappa shape index (κ2) is 13.6. The Morgan fingerprint density at radius 2 is 1.44 bits per heavy atom. The number of hydrogen-bond acceptors (Lipinski definition) is 10. The maximum absolute atomic E-state index is 13.3. The molecule has 1 aromatic heterocycles. The van der Waals surface area contributed by atoms with Crippen molar-refractivity contribution in [3.8, 4) is 11.5 Å². The van der Waals surface area contributed by atoms with Gasteiger partial charge in [0.1, 0.15) is 40.7 Å². The van der Waals surface area contributed by atoms with Crippen LogP contribution in [0, 0.1) is 0 Å². The van der Waals surface area contributed by atoms with Crippen molar-refractivity contribution in [2.75, 3.05) is 40.2 Å². The molecule has 2 aliphatic heterocycles. The van der Waals surface area contributed by atoms with E-state index in [0.29, 0.717) is 6.54 Å². The summed E-state index contributed by atoms with van der Waals surface area (Å²) in [5, 5.41) is 1.74. The number of rotatable bonds is 12. The van der Waals surface area contributed by atoms with Gasteiger partial charge in [0.2, 0.25) is 0 Å². The molecule has 266 valence electrons. The molecular weight excluding hydrogens is 653 g/mol. The van der Waals surface area contributed by atoms with Crippen LogP contribution >= 0.6 is 0 Å². The fourth-order valence-corrected chi connectivity index (χ4v) is 8.14. The molecule has 2 fully saturated rings. The predicted octanol–water partition coefficient (Wildman–Crippen LogP) is 5.76. The van der Waals surface area contributed by atoms with Gasteiger partial charge in [-0.3, -0.25) is 4.57 Å². The van der Waals surface area contributed by atoms with E-state index in [-0.39, 0.29) is 17.5 Å². The summed E-state index contributed by atoms with van der Waals surface area (Å²) in [6.45, 7) is 11.5. The fourth-order valence-electron chi connectivity index (χ4n) is 6.79. The first-order chi connectivity index (χ1) is 23.8. The highest BCUT2D eigenvalue weighted by Gasteiger charge is 2.68. The van der Waals surface area contributed by atoms with Crippen LogP contribution in [0.5, 0.6) is 11.5 Å². The van der Waals surface area contributed by atoms with E-state index in [1.807, 2.05) is 71.8 Å². The molecule has 0 saturated carbocycles. The largest absolute Gasteiger partial charge is 0.497 e. The molecular formula is C38H48N4O7Si. The number of hydrogen-bond donors (Lipinski definition) is 1. The Labute approximate surface area is 294 Å². The second-order valence-electron chi connectivity index (χ2n) is 14.5. The molecule has 4 atom stereocenters. The van der Waals surface area contributed by atoms with Crippen LogP contribution in [0.25, 0.3) is 0 Å². The number of nitrogens with two attached hydrogens (primary N) is 1. The molecule has 2 N–H and O–H groups in total. The minimum atomic E-state index is -2.41. The van der Waals surface area contributed by atoms with Gasteiger partial charge in [0, 0.05) is 6.20 Å². The van der Waals surface area contributed by atoms with Gasteiger partial charge in [-0.05, 0) is 65.2 Å². The van der Waals surface area contributed by atoms with Gasteiger partial charge in [-0.25, -0.2) is 4.79 Å². The number of ether oxygens (including phenoxy) is 4. The highest BCUT2D eigenvalue weighted by atomic mass is 28.4. The smallest absolute Gasteiger partial charge is 0.351 e. The Bertz CT molecular complexity index is 1780. The SMILES string of the molecule is COc1ccc(C(OC[C@@]23CN(OC)[C@@H]([C@H](n4ccc(N)nc4=O)O2)[C@@H]3O[Si](C)(C)C(C)(C)C)(c2ccccc2)c2ccc(OC)cc2)cc1. The summed E-state index contributed by atoms with van der Waals surface area (Å²) in [4.78, 5) is 23.3. The summed E-state index contributed by atoms with van der Waals surface area (Å²) in [6.07, 6.45) is 0.318. The maximum atomic E-state index is 13.3. The highest BCUT2D eigenvalue weighted by molar-refractivity contribution is 6.74.